The van der Waals surface area contributed by atoms with E-state index in [2.05, 4.69) is 0 Å². The van der Waals surface area contributed by atoms with Crippen LogP contribution in [0.15, 0.2) is 36.4 Å². The Kier molecular flexibility index (Phi) is 4.44. The molecule has 0 fully saturated rings. The van der Waals surface area contributed by atoms with Crippen molar-refractivity contribution in [2.24, 2.45) is 0 Å². The van der Waals surface area contributed by atoms with Crippen molar-refractivity contribution in [1.82, 2.24) is 0 Å². The molecule has 0 aliphatic rings. The number of ketones is 1. The number of nitro groups is 1. The van der Waals surface area contributed by atoms with E-state index in [1.54, 1.807) is 18.2 Å². The molecule has 1 heterocycles. The number of Topliss-reactive ketones (excluding diaryl/α,β-unsaturated/α-hetero) is 1. The van der Waals surface area contributed by atoms with Crippen LogP contribution in [0.25, 0.3) is 0 Å². The van der Waals surface area contributed by atoms with Crippen molar-refractivity contribution in [1.29, 1.82) is 0 Å². The fourth-order valence-corrected chi connectivity index (χ4v) is 2.46. The van der Waals surface area contributed by atoms with Gasteiger partial charge in [0.05, 0.1) is 15.4 Å². The van der Waals surface area contributed by atoms with E-state index < -0.39 is 10.9 Å². The van der Waals surface area contributed by atoms with Crippen LogP contribution in [0.3, 0.4) is 0 Å². The molecule has 7 heteroatoms. The largest absolute Gasteiger partial charge is 0.456 e. The van der Waals surface area contributed by atoms with Crippen LogP contribution in [0.2, 0.25) is 0 Å². The number of nitrogens with zero attached hydrogens (tertiary/aromatic N) is 1. The zero-order chi connectivity index (χ0) is 15.4. The molecule has 0 bridgehead atoms. The molecule has 0 atom stereocenters. The van der Waals surface area contributed by atoms with Crippen LogP contribution in [-0.4, -0.2) is 16.7 Å². The van der Waals surface area contributed by atoms with Gasteiger partial charge in [0.1, 0.15) is 11.5 Å². The Labute approximate surface area is 124 Å². The number of rotatable bonds is 5. The Bertz CT molecular complexity index is 707. The number of carbonyl (C=O) groups is 2. The normalized spacial score (nSPS) is 10.1. The highest BCUT2D eigenvalue weighted by molar-refractivity contribution is 7.15. The first-order valence-corrected chi connectivity index (χ1v) is 6.81. The predicted octanol–water partition coefficient (Wildman–Crippen LogP) is 3.22. The van der Waals surface area contributed by atoms with E-state index in [0.717, 1.165) is 11.3 Å². The molecule has 0 amide bonds. The number of esters is 1. The number of benzene rings is 1. The Morgan fingerprint density at radius 3 is 2.48 bits per heavy atom. The summed E-state index contributed by atoms with van der Waals surface area (Å²) in [5.41, 5.74) is 0.222. The van der Waals surface area contributed by atoms with Crippen molar-refractivity contribution >= 4 is 28.8 Å². The summed E-state index contributed by atoms with van der Waals surface area (Å²) >= 11 is 1.04. The van der Waals surface area contributed by atoms with Gasteiger partial charge in [-0.05, 0) is 25.1 Å². The first-order chi connectivity index (χ1) is 9.99. The van der Waals surface area contributed by atoms with Gasteiger partial charge < -0.3 is 4.74 Å². The Morgan fingerprint density at radius 1 is 1.19 bits per heavy atom. The molecular weight excluding hydrogens is 294 g/mol. The molecule has 2 aromatic rings. The van der Waals surface area contributed by atoms with E-state index in [0.29, 0.717) is 15.3 Å². The lowest BCUT2D eigenvalue weighted by molar-refractivity contribution is -0.385. The topological polar surface area (TPSA) is 86.5 Å². The van der Waals surface area contributed by atoms with Gasteiger partial charge in [-0.25, -0.2) is 4.79 Å². The molecule has 0 aliphatic heterocycles. The van der Waals surface area contributed by atoms with Gasteiger partial charge in [-0.3, -0.25) is 14.9 Å². The van der Waals surface area contributed by atoms with Gasteiger partial charge in [-0.1, -0.05) is 12.1 Å². The lowest BCUT2D eigenvalue weighted by atomic mass is 10.2. The molecule has 1 aromatic carbocycles. The summed E-state index contributed by atoms with van der Waals surface area (Å²) in [7, 11) is 0. The number of ether oxygens (including phenoxy) is 1. The van der Waals surface area contributed by atoms with Crippen LogP contribution >= 0.6 is 11.3 Å². The minimum Gasteiger partial charge on any atom is -0.456 e. The molecule has 2 rings (SSSR count). The molecule has 0 N–H and O–H groups in total. The minimum absolute atomic E-state index is 0.0964. The maximum Gasteiger partial charge on any atom is 0.348 e. The SMILES string of the molecule is CC(=O)c1ccc(C(=O)OCc2ccccc2[N+](=O)[O-])s1. The molecule has 0 radical (unpaired) electrons. The van der Waals surface area contributed by atoms with Crippen molar-refractivity contribution in [2.75, 3.05) is 0 Å². The average molecular weight is 305 g/mol. The third-order valence-corrected chi connectivity index (χ3v) is 3.87. The minimum atomic E-state index is -0.606. The van der Waals surface area contributed by atoms with Crippen LogP contribution in [0.4, 0.5) is 5.69 Å². The zero-order valence-corrected chi connectivity index (χ0v) is 11.9. The molecule has 0 saturated heterocycles. The summed E-state index contributed by atoms with van der Waals surface area (Å²) in [6.45, 7) is 1.22. The molecule has 1 aromatic heterocycles. The highest BCUT2D eigenvalue weighted by Gasteiger charge is 2.16. The molecule has 108 valence electrons. The summed E-state index contributed by atoms with van der Waals surface area (Å²) in [6, 6.07) is 9.11. The van der Waals surface area contributed by atoms with Gasteiger partial charge in [-0.15, -0.1) is 11.3 Å². The summed E-state index contributed by atoms with van der Waals surface area (Å²) in [4.78, 5) is 34.1. The van der Waals surface area contributed by atoms with Gasteiger partial charge in [0.2, 0.25) is 0 Å². The smallest absolute Gasteiger partial charge is 0.348 e. The van der Waals surface area contributed by atoms with E-state index in [9.17, 15) is 19.7 Å². The summed E-state index contributed by atoms with van der Waals surface area (Å²) < 4.78 is 5.05. The molecule has 0 unspecified atom stereocenters. The maximum absolute atomic E-state index is 11.8. The van der Waals surface area contributed by atoms with Crippen LogP contribution in [0.5, 0.6) is 0 Å². The molecule has 6 nitrogen and oxygen atoms in total. The van der Waals surface area contributed by atoms with Crippen molar-refractivity contribution in [3.05, 3.63) is 61.8 Å². The van der Waals surface area contributed by atoms with Crippen LogP contribution in [-0.2, 0) is 11.3 Å². The maximum atomic E-state index is 11.8. The summed E-state index contributed by atoms with van der Waals surface area (Å²) in [5.74, 6) is -0.733. The third kappa shape index (κ3) is 3.51. The first-order valence-electron chi connectivity index (χ1n) is 5.99. The Balaban J connectivity index is 2.07. The number of para-hydroxylation sites is 1. The van der Waals surface area contributed by atoms with Crippen molar-refractivity contribution in [3.63, 3.8) is 0 Å². The van der Waals surface area contributed by atoms with E-state index in [1.165, 1.54) is 25.1 Å². The number of hydrogen-bond donors (Lipinski definition) is 0. The van der Waals surface area contributed by atoms with E-state index >= 15 is 0 Å². The van der Waals surface area contributed by atoms with Gasteiger partial charge in [0.15, 0.2) is 5.78 Å². The quantitative estimate of drug-likeness (QED) is 0.366. The van der Waals surface area contributed by atoms with Gasteiger partial charge in [-0.2, -0.15) is 0 Å². The molecule has 0 saturated carbocycles. The van der Waals surface area contributed by atoms with Gasteiger partial charge in [0.25, 0.3) is 5.69 Å². The lowest BCUT2D eigenvalue weighted by Crippen LogP contribution is -2.05. The molecule has 0 spiro atoms. The van der Waals surface area contributed by atoms with Crippen LogP contribution in [0.1, 0.15) is 31.8 Å². The first kappa shape index (κ1) is 14.9. The van der Waals surface area contributed by atoms with Crippen LogP contribution in [0, 0.1) is 10.1 Å². The second-order valence-electron chi connectivity index (χ2n) is 4.18. The van der Waals surface area contributed by atoms with Crippen molar-refractivity contribution < 1.29 is 19.2 Å². The van der Waals surface area contributed by atoms with Crippen molar-refractivity contribution in [2.45, 2.75) is 13.5 Å². The highest BCUT2D eigenvalue weighted by Crippen LogP contribution is 2.21. The number of nitro benzene ring substituents is 1. The molecule has 0 aliphatic carbocycles. The number of thiophene rings is 1. The monoisotopic (exact) mass is 305 g/mol. The highest BCUT2D eigenvalue weighted by atomic mass is 32.1. The number of hydrogen-bond acceptors (Lipinski definition) is 6. The van der Waals surface area contributed by atoms with Gasteiger partial charge in [0, 0.05) is 6.07 Å². The van der Waals surface area contributed by atoms with Gasteiger partial charge >= 0.3 is 5.97 Å². The fourth-order valence-electron chi connectivity index (χ4n) is 1.66. The molecule has 21 heavy (non-hydrogen) atoms. The van der Waals surface area contributed by atoms with E-state index in [1.807, 2.05) is 0 Å². The predicted molar refractivity (Wildman–Crippen MR) is 76.5 cm³/mol. The third-order valence-electron chi connectivity index (χ3n) is 2.70. The van der Waals surface area contributed by atoms with E-state index in [-0.39, 0.29) is 18.1 Å². The standard InChI is InChI=1S/C14H11NO5S/c1-9(16)12-6-7-13(21-12)14(17)20-8-10-4-2-3-5-11(10)15(18)19/h2-7H,8H2,1H3. The Hall–Kier alpha value is -2.54. The summed E-state index contributed by atoms with van der Waals surface area (Å²) in [6.07, 6.45) is 0. The number of carbonyl (C=O) groups excluding carboxylic acids is 2. The Morgan fingerprint density at radius 2 is 1.86 bits per heavy atom. The second-order valence-corrected chi connectivity index (χ2v) is 5.27. The second kappa shape index (κ2) is 6.27. The van der Waals surface area contributed by atoms with E-state index in [4.69, 9.17) is 4.74 Å². The average Bonchev–Trinajstić information content (AvgIpc) is 2.95. The van der Waals surface area contributed by atoms with Crippen LogP contribution < -0.4 is 0 Å². The summed E-state index contributed by atoms with van der Waals surface area (Å²) in [5, 5.41) is 10.8. The van der Waals surface area contributed by atoms with Crippen molar-refractivity contribution in [3.8, 4) is 0 Å². The fraction of sp³-hybridized carbons (Fsp3) is 0.143. The lowest BCUT2D eigenvalue weighted by Gasteiger charge is -2.04. The molecular formula is C14H11NO5S. The zero-order valence-electron chi connectivity index (χ0n) is 11.1.